The zero-order chi connectivity index (χ0) is 19.6. The van der Waals surface area contributed by atoms with Crippen LogP contribution in [0.5, 0.6) is 11.5 Å². The fourth-order valence-electron chi connectivity index (χ4n) is 3.85. The van der Waals surface area contributed by atoms with E-state index < -0.39 is 0 Å². The number of nitrogens with one attached hydrogen (secondary N) is 2. The average molecular weight is 388 g/mol. The summed E-state index contributed by atoms with van der Waals surface area (Å²) in [6, 6.07) is 17.6. The second kappa shape index (κ2) is 7.39. The van der Waals surface area contributed by atoms with Crippen molar-refractivity contribution < 1.29 is 18.7 Å². The van der Waals surface area contributed by atoms with Crippen LogP contribution in [0.25, 0.3) is 10.9 Å². The van der Waals surface area contributed by atoms with Gasteiger partial charge in [-0.3, -0.25) is 4.79 Å². The number of carbonyl (C=O) groups excluding carboxylic acids is 1. The Balaban J connectivity index is 1.50. The average Bonchev–Trinajstić information content (AvgIpc) is 3.51. The molecule has 0 bridgehead atoms. The molecule has 6 nitrogen and oxygen atoms in total. The van der Waals surface area contributed by atoms with Crippen LogP contribution < -0.4 is 14.8 Å². The summed E-state index contributed by atoms with van der Waals surface area (Å²) in [7, 11) is 0. The number of rotatable bonds is 6. The number of fused-ring (bicyclic) bond motifs is 2. The molecule has 0 unspecified atom stereocenters. The van der Waals surface area contributed by atoms with E-state index in [9.17, 15) is 4.79 Å². The minimum absolute atomic E-state index is 0.0619. The van der Waals surface area contributed by atoms with Gasteiger partial charge in [-0.2, -0.15) is 0 Å². The number of carbonyl (C=O) groups is 1. The number of ether oxygens (including phenoxy) is 2. The Morgan fingerprint density at radius 3 is 2.86 bits per heavy atom. The maximum absolute atomic E-state index is 12.8. The number of amides is 1. The molecular weight excluding hydrogens is 368 g/mol. The van der Waals surface area contributed by atoms with Gasteiger partial charge in [0.05, 0.1) is 12.8 Å². The van der Waals surface area contributed by atoms with Gasteiger partial charge in [-0.25, -0.2) is 0 Å². The van der Waals surface area contributed by atoms with E-state index in [1.54, 1.807) is 12.3 Å². The van der Waals surface area contributed by atoms with Crippen molar-refractivity contribution in [2.24, 2.45) is 0 Å². The minimum Gasteiger partial charge on any atom is -0.467 e. The Labute approximate surface area is 167 Å². The summed E-state index contributed by atoms with van der Waals surface area (Å²) in [5.41, 5.74) is 3.03. The predicted molar refractivity (Wildman–Crippen MR) is 108 cm³/mol. The number of H-pyrrole nitrogens is 1. The second-order valence-electron chi connectivity index (χ2n) is 6.98. The Hall–Kier alpha value is -3.67. The maximum Gasteiger partial charge on any atom is 0.231 e. The first kappa shape index (κ1) is 17.4. The van der Waals surface area contributed by atoms with E-state index in [0.29, 0.717) is 18.0 Å². The molecule has 3 heterocycles. The standard InChI is InChI=1S/C23H20N2O4/c26-22(25-12-15-5-4-10-27-15)11-18(17-7-3-9-21-23(17)29-14-28-21)19-13-24-20-8-2-1-6-16(19)20/h1-10,13,18,24H,11-12,14H2,(H,25,26)/t18-/m0/s1. The van der Waals surface area contributed by atoms with Crippen LogP contribution in [0.4, 0.5) is 0 Å². The molecule has 1 aliphatic rings. The number of aromatic amines is 1. The summed E-state index contributed by atoms with van der Waals surface area (Å²) in [6.07, 6.45) is 3.85. The minimum atomic E-state index is -0.181. The Bertz CT molecular complexity index is 1150. The van der Waals surface area contributed by atoms with Crippen molar-refractivity contribution in [3.05, 3.63) is 83.9 Å². The molecule has 6 heteroatoms. The first-order chi connectivity index (χ1) is 14.3. The van der Waals surface area contributed by atoms with Crippen LogP contribution in [0.3, 0.4) is 0 Å². The van der Waals surface area contributed by atoms with Crippen LogP contribution in [0.15, 0.2) is 71.5 Å². The molecule has 0 saturated heterocycles. The molecule has 1 atom stereocenters. The molecule has 5 rings (SSSR count). The quantitative estimate of drug-likeness (QED) is 0.516. The van der Waals surface area contributed by atoms with Gasteiger partial charge in [0, 0.05) is 35.0 Å². The monoisotopic (exact) mass is 388 g/mol. The number of furan rings is 1. The summed E-state index contributed by atoms with van der Waals surface area (Å²) in [6.45, 7) is 0.552. The molecule has 1 amide bonds. The molecule has 4 aromatic rings. The smallest absolute Gasteiger partial charge is 0.231 e. The first-order valence-electron chi connectivity index (χ1n) is 9.53. The molecule has 0 radical (unpaired) electrons. The number of aromatic nitrogens is 1. The Kier molecular flexibility index (Phi) is 4.44. The third-order valence-corrected chi connectivity index (χ3v) is 5.23. The van der Waals surface area contributed by atoms with Gasteiger partial charge >= 0.3 is 0 Å². The molecule has 0 fully saturated rings. The highest BCUT2D eigenvalue weighted by atomic mass is 16.7. The van der Waals surface area contributed by atoms with Crippen molar-refractivity contribution >= 4 is 16.8 Å². The number of hydrogen-bond donors (Lipinski definition) is 2. The van der Waals surface area contributed by atoms with Crippen LogP contribution in [-0.4, -0.2) is 17.7 Å². The van der Waals surface area contributed by atoms with Gasteiger partial charge in [0.2, 0.25) is 12.7 Å². The summed E-state index contributed by atoms with van der Waals surface area (Å²) >= 11 is 0. The largest absolute Gasteiger partial charge is 0.467 e. The van der Waals surface area contributed by atoms with Crippen LogP contribution in [0.1, 0.15) is 29.2 Å². The van der Waals surface area contributed by atoms with Crippen LogP contribution >= 0.6 is 0 Å². The second-order valence-corrected chi connectivity index (χ2v) is 6.98. The third-order valence-electron chi connectivity index (χ3n) is 5.23. The van der Waals surface area contributed by atoms with Crippen molar-refractivity contribution in [3.8, 4) is 11.5 Å². The highest BCUT2D eigenvalue weighted by molar-refractivity contribution is 5.86. The lowest BCUT2D eigenvalue weighted by Crippen LogP contribution is -2.24. The third kappa shape index (κ3) is 3.33. The molecule has 0 spiro atoms. The van der Waals surface area contributed by atoms with E-state index in [2.05, 4.69) is 16.4 Å². The van der Waals surface area contributed by atoms with Gasteiger partial charge < -0.3 is 24.2 Å². The highest BCUT2D eigenvalue weighted by Gasteiger charge is 2.28. The molecule has 0 saturated carbocycles. The molecule has 146 valence electrons. The molecule has 1 aliphatic heterocycles. The van der Waals surface area contributed by atoms with Gasteiger partial charge in [0.1, 0.15) is 5.76 Å². The summed E-state index contributed by atoms with van der Waals surface area (Å²) in [5.74, 6) is 1.90. The predicted octanol–water partition coefficient (Wildman–Crippen LogP) is 4.33. The highest BCUT2D eigenvalue weighted by Crippen LogP contribution is 2.44. The molecular formula is C23H20N2O4. The molecule has 2 aromatic heterocycles. The van der Waals surface area contributed by atoms with Crippen molar-refractivity contribution in [2.75, 3.05) is 6.79 Å². The molecule has 29 heavy (non-hydrogen) atoms. The molecule has 2 N–H and O–H groups in total. The Morgan fingerprint density at radius 1 is 1.03 bits per heavy atom. The summed E-state index contributed by atoms with van der Waals surface area (Å²) < 4.78 is 16.6. The fourth-order valence-corrected chi connectivity index (χ4v) is 3.85. The van der Waals surface area contributed by atoms with E-state index in [4.69, 9.17) is 13.9 Å². The lowest BCUT2D eigenvalue weighted by molar-refractivity contribution is -0.121. The van der Waals surface area contributed by atoms with Gasteiger partial charge in [0.15, 0.2) is 11.5 Å². The summed E-state index contributed by atoms with van der Waals surface area (Å²) in [4.78, 5) is 16.1. The van der Waals surface area contributed by atoms with Crippen molar-refractivity contribution in [2.45, 2.75) is 18.9 Å². The van der Waals surface area contributed by atoms with Crippen LogP contribution in [-0.2, 0) is 11.3 Å². The number of para-hydroxylation sites is 2. The van der Waals surface area contributed by atoms with E-state index in [1.807, 2.05) is 48.7 Å². The van der Waals surface area contributed by atoms with Gasteiger partial charge in [-0.15, -0.1) is 0 Å². The number of benzene rings is 2. The van der Waals surface area contributed by atoms with Crippen molar-refractivity contribution in [1.29, 1.82) is 0 Å². The normalized spacial score (nSPS) is 13.5. The lowest BCUT2D eigenvalue weighted by atomic mass is 9.87. The van der Waals surface area contributed by atoms with Gasteiger partial charge in [0.25, 0.3) is 0 Å². The Morgan fingerprint density at radius 2 is 1.97 bits per heavy atom. The van der Waals surface area contributed by atoms with Crippen LogP contribution in [0.2, 0.25) is 0 Å². The van der Waals surface area contributed by atoms with E-state index in [-0.39, 0.29) is 25.0 Å². The summed E-state index contributed by atoms with van der Waals surface area (Å²) in [5, 5.41) is 4.04. The number of hydrogen-bond acceptors (Lipinski definition) is 4. The molecule has 2 aromatic carbocycles. The zero-order valence-corrected chi connectivity index (χ0v) is 15.7. The van der Waals surface area contributed by atoms with E-state index in [1.165, 1.54) is 0 Å². The molecule has 0 aliphatic carbocycles. The fraction of sp³-hybridized carbons (Fsp3) is 0.174. The lowest BCUT2D eigenvalue weighted by Gasteiger charge is -2.18. The topological polar surface area (TPSA) is 76.5 Å². The zero-order valence-electron chi connectivity index (χ0n) is 15.7. The van der Waals surface area contributed by atoms with E-state index >= 15 is 0 Å². The van der Waals surface area contributed by atoms with E-state index in [0.717, 1.165) is 27.8 Å². The van der Waals surface area contributed by atoms with Crippen molar-refractivity contribution in [3.63, 3.8) is 0 Å². The van der Waals surface area contributed by atoms with Crippen molar-refractivity contribution in [1.82, 2.24) is 10.3 Å². The van der Waals surface area contributed by atoms with Crippen LogP contribution in [0, 0.1) is 0 Å². The van der Waals surface area contributed by atoms with Gasteiger partial charge in [-0.05, 0) is 29.8 Å². The van der Waals surface area contributed by atoms with Gasteiger partial charge in [-0.1, -0.05) is 30.3 Å². The maximum atomic E-state index is 12.8. The first-order valence-corrected chi connectivity index (χ1v) is 9.53. The SMILES string of the molecule is O=C(C[C@@H](c1cccc2c1OCO2)c1c[nH]c2ccccc12)NCc1ccco1.